The number of Topliss-reactive ketones (excluding diaryl/α,β-unsaturated/α-hetero) is 1. The first-order valence-electron chi connectivity index (χ1n) is 11.4. The van der Waals surface area contributed by atoms with Crippen LogP contribution in [0.5, 0.6) is 5.75 Å². The van der Waals surface area contributed by atoms with Gasteiger partial charge in [-0.2, -0.15) is 0 Å². The molecule has 8 nitrogen and oxygen atoms in total. The molecule has 1 N–H and O–H groups in total. The van der Waals surface area contributed by atoms with E-state index in [1.165, 1.54) is 12.0 Å². The van der Waals surface area contributed by atoms with Gasteiger partial charge in [0.2, 0.25) is 0 Å². The molecule has 9 heteroatoms. The summed E-state index contributed by atoms with van der Waals surface area (Å²) in [6, 6.07) is 13.1. The van der Waals surface area contributed by atoms with Gasteiger partial charge in [-0.3, -0.25) is 14.5 Å². The van der Waals surface area contributed by atoms with Gasteiger partial charge in [-0.05, 0) is 38.0 Å². The van der Waals surface area contributed by atoms with E-state index in [2.05, 4.69) is 4.98 Å². The molecule has 36 heavy (non-hydrogen) atoms. The predicted octanol–water partition coefficient (Wildman–Crippen LogP) is 4.96. The van der Waals surface area contributed by atoms with Crippen LogP contribution in [0.15, 0.2) is 54.1 Å². The van der Waals surface area contributed by atoms with E-state index in [1.807, 2.05) is 26.0 Å². The minimum Gasteiger partial charge on any atom is -0.507 e. The van der Waals surface area contributed by atoms with Crippen molar-refractivity contribution in [2.75, 3.05) is 18.6 Å². The number of ether oxygens (including phenoxy) is 2. The van der Waals surface area contributed by atoms with E-state index in [1.54, 1.807) is 43.3 Å². The molecular formula is C27H26N2O6S. The van der Waals surface area contributed by atoms with Crippen molar-refractivity contribution in [3.63, 3.8) is 0 Å². The lowest BCUT2D eigenvalue weighted by molar-refractivity contribution is -0.132. The Labute approximate surface area is 212 Å². The summed E-state index contributed by atoms with van der Waals surface area (Å²) in [6.45, 7) is 6.10. The standard InChI is InChI=1S/C27H26N2O6S/c1-5-14-35-19-12-10-17(11-13-19)21-20(22(30)18-8-6-15(2)7-9-18)23(31)25(32)29(21)27-28-16(3)24(36-27)26(33)34-4/h6-13,21,30H,5,14H2,1-4H3/b22-20-. The van der Waals surface area contributed by atoms with Crippen molar-refractivity contribution >= 4 is 39.9 Å². The fourth-order valence-electron chi connectivity index (χ4n) is 3.95. The van der Waals surface area contributed by atoms with Crippen LogP contribution < -0.4 is 9.64 Å². The second-order valence-corrected chi connectivity index (χ2v) is 9.33. The molecule has 1 atom stereocenters. The monoisotopic (exact) mass is 506 g/mol. The number of aliphatic hydroxyl groups is 1. The summed E-state index contributed by atoms with van der Waals surface area (Å²) in [5, 5.41) is 11.4. The highest BCUT2D eigenvalue weighted by Crippen LogP contribution is 2.44. The Bertz CT molecular complexity index is 1340. The van der Waals surface area contributed by atoms with E-state index in [0.717, 1.165) is 23.3 Å². The first-order valence-corrected chi connectivity index (χ1v) is 12.2. The van der Waals surface area contributed by atoms with Gasteiger partial charge in [0.25, 0.3) is 5.78 Å². The van der Waals surface area contributed by atoms with Gasteiger partial charge in [-0.1, -0.05) is 60.2 Å². The lowest BCUT2D eigenvalue weighted by Gasteiger charge is -2.23. The number of ketones is 1. The van der Waals surface area contributed by atoms with Crippen LogP contribution in [-0.4, -0.2) is 41.5 Å². The summed E-state index contributed by atoms with van der Waals surface area (Å²) >= 11 is 0.958. The van der Waals surface area contributed by atoms with Crippen LogP contribution >= 0.6 is 11.3 Å². The van der Waals surface area contributed by atoms with Gasteiger partial charge in [0.15, 0.2) is 5.13 Å². The molecule has 1 unspecified atom stereocenters. The number of benzene rings is 2. The van der Waals surface area contributed by atoms with Gasteiger partial charge in [-0.15, -0.1) is 0 Å². The second-order valence-electron chi connectivity index (χ2n) is 8.36. The van der Waals surface area contributed by atoms with Crippen LogP contribution in [0.2, 0.25) is 0 Å². The Balaban J connectivity index is 1.88. The van der Waals surface area contributed by atoms with Crippen LogP contribution in [0.4, 0.5) is 5.13 Å². The molecule has 1 aliphatic rings. The molecule has 2 heterocycles. The highest BCUT2D eigenvalue weighted by atomic mass is 32.1. The number of aliphatic hydroxyl groups excluding tert-OH is 1. The molecular weight excluding hydrogens is 480 g/mol. The Kier molecular flexibility index (Phi) is 7.21. The number of aromatic nitrogens is 1. The smallest absolute Gasteiger partial charge is 0.350 e. The highest BCUT2D eigenvalue weighted by Gasteiger charge is 2.48. The topological polar surface area (TPSA) is 106 Å². The number of aryl methyl sites for hydroxylation is 2. The fourth-order valence-corrected chi connectivity index (χ4v) is 4.96. The Morgan fingerprint density at radius 3 is 2.36 bits per heavy atom. The van der Waals surface area contributed by atoms with Crippen LogP contribution in [0.25, 0.3) is 5.76 Å². The molecule has 0 bridgehead atoms. The third-order valence-corrected chi connectivity index (χ3v) is 6.94. The zero-order valence-corrected chi connectivity index (χ0v) is 21.2. The number of hydrogen-bond donors (Lipinski definition) is 1. The zero-order chi connectivity index (χ0) is 26.0. The van der Waals surface area contributed by atoms with Crippen LogP contribution in [0, 0.1) is 13.8 Å². The maximum absolute atomic E-state index is 13.3. The molecule has 0 aliphatic carbocycles. The molecule has 1 aliphatic heterocycles. The lowest BCUT2D eigenvalue weighted by atomic mass is 9.95. The first kappa shape index (κ1) is 25.1. The van der Waals surface area contributed by atoms with Crippen LogP contribution in [0.1, 0.15) is 51.4 Å². The highest BCUT2D eigenvalue weighted by molar-refractivity contribution is 7.17. The molecule has 1 saturated heterocycles. The number of carbonyl (C=O) groups excluding carboxylic acids is 3. The molecule has 1 fully saturated rings. The van der Waals surface area contributed by atoms with Crippen molar-refractivity contribution in [3.05, 3.63) is 81.4 Å². The average Bonchev–Trinajstić information content (AvgIpc) is 3.39. The van der Waals surface area contributed by atoms with Crippen molar-refractivity contribution in [1.29, 1.82) is 0 Å². The second kappa shape index (κ2) is 10.3. The summed E-state index contributed by atoms with van der Waals surface area (Å²) in [7, 11) is 1.26. The Morgan fingerprint density at radius 1 is 1.08 bits per heavy atom. The van der Waals surface area contributed by atoms with Gasteiger partial charge in [0.1, 0.15) is 16.4 Å². The summed E-state index contributed by atoms with van der Waals surface area (Å²) in [5.74, 6) is -1.90. The molecule has 4 rings (SSSR count). The van der Waals surface area contributed by atoms with Crippen molar-refractivity contribution in [3.8, 4) is 5.75 Å². The van der Waals surface area contributed by atoms with E-state index in [0.29, 0.717) is 29.2 Å². The van der Waals surface area contributed by atoms with Gasteiger partial charge >= 0.3 is 11.9 Å². The first-order chi connectivity index (χ1) is 17.3. The van der Waals surface area contributed by atoms with Crippen molar-refractivity contribution in [1.82, 2.24) is 4.98 Å². The minimum absolute atomic E-state index is 0.0569. The SMILES string of the molecule is CCCOc1ccc(C2/C(=C(/O)c3ccc(C)cc3)C(=O)C(=O)N2c2nc(C)c(C(=O)OC)s2)cc1. The molecule has 1 aromatic heterocycles. The summed E-state index contributed by atoms with van der Waals surface area (Å²) in [5.41, 5.74) is 2.30. The minimum atomic E-state index is -0.956. The van der Waals surface area contributed by atoms with Crippen molar-refractivity contribution < 1.29 is 29.0 Å². The number of nitrogens with zero attached hydrogens (tertiary/aromatic N) is 2. The quantitative estimate of drug-likeness (QED) is 0.209. The fraction of sp³-hybridized carbons (Fsp3) is 0.259. The molecule has 0 saturated carbocycles. The molecule has 2 aromatic carbocycles. The van der Waals surface area contributed by atoms with Gasteiger partial charge in [0, 0.05) is 5.56 Å². The number of hydrogen-bond acceptors (Lipinski definition) is 8. The Hall–Kier alpha value is -3.98. The lowest BCUT2D eigenvalue weighted by Crippen LogP contribution is -2.29. The Morgan fingerprint density at radius 2 is 1.75 bits per heavy atom. The van der Waals surface area contributed by atoms with E-state index in [-0.39, 0.29) is 21.3 Å². The van der Waals surface area contributed by atoms with E-state index >= 15 is 0 Å². The number of rotatable bonds is 7. The zero-order valence-electron chi connectivity index (χ0n) is 20.4. The maximum atomic E-state index is 13.3. The molecule has 3 aromatic rings. The molecule has 1 amide bonds. The maximum Gasteiger partial charge on any atom is 0.350 e. The normalized spacial score (nSPS) is 16.9. The number of thiazole rings is 1. The third kappa shape index (κ3) is 4.61. The third-order valence-electron chi connectivity index (χ3n) is 5.80. The number of carbonyl (C=O) groups is 3. The summed E-state index contributed by atoms with van der Waals surface area (Å²) in [4.78, 5) is 44.7. The van der Waals surface area contributed by atoms with Crippen molar-refractivity contribution in [2.45, 2.75) is 33.2 Å². The van der Waals surface area contributed by atoms with E-state index in [9.17, 15) is 19.5 Å². The number of methoxy groups -OCH3 is 1. The van der Waals surface area contributed by atoms with Crippen LogP contribution in [0.3, 0.4) is 0 Å². The molecule has 0 radical (unpaired) electrons. The molecule has 186 valence electrons. The summed E-state index contributed by atoms with van der Waals surface area (Å²) < 4.78 is 10.5. The van der Waals surface area contributed by atoms with Gasteiger partial charge < -0.3 is 14.6 Å². The molecule has 0 spiro atoms. The number of amides is 1. The average molecular weight is 507 g/mol. The van der Waals surface area contributed by atoms with Crippen LogP contribution in [-0.2, 0) is 14.3 Å². The summed E-state index contributed by atoms with van der Waals surface area (Å²) in [6.07, 6.45) is 0.852. The number of anilines is 1. The van der Waals surface area contributed by atoms with Gasteiger partial charge in [-0.25, -0.2) is 9.78 Å². The largest absolute Gasteiger partial charge is 0.507 e. The van der Waals surface area contributed by atoms with Gasteiger partial charge in [0.05, 0.1) is 31.0 Å². The van der Waals surface area contributed by atoms with E-state index in [4.69, 9.17) is 9.47 Å². The van der Waals surface area contributed by atoms with E-state index < -0.39 is 23.7 Å². The number of esters is 1. The predicted molar refractivity (Wildman–Crippen MR) is 136 cm³/mol. The van der Waals surface area contributed by atoms with Crippen molar-refractivity contribution in [2.24, 2.45) is 0 Å².